The van der Waals surface area contributed by atoms with Gasteiger partial charge in [0.05, 0.1) is 19.8 Å². The van der Waals surface area contributed by atoms with E-state index in [1.807, 2.05) is 6.92 Å². The van der Waals surface area contributed by atoms with Crippen LogP contribution in [0.4, 0.5) is 5.69 Å². The molecule has 0 aliphatic carbocycles. The molecule has 102 valence electrons. The van der Waals surface area contributed by atoms with Gasteiger partial charge in [-0.1, -0.05) is 0 Å². The fourth-order valence-electron chi connectivity index (χ4n) is 1.28. The molecule has 0 spiro atoms. The van der Waals surface area contributed by atoms with Crippen LogP contribution in [0.3, 0.4) is 0 Å². The van der Waals surface area contributed by atoms with Crippen molar-refractivity contribution in [2.24, 2.45) is 5.73 Å². The maximum absolute atomic E-state index is 11.4. The lowest BCUT2D eigenvalue weighted by atomic mass is 10.2. The zero-order chi connectivity index (χ0) is 12.8. The first kappa shape index (κ1) is 16.5. The molecule has 1 aromatic carbocycles. The van der Waals surface area contributed by atoms with Crippen molar-refractivity contribution >= 4 is 24.0 Å². The van der Waals surface area contributed by atoms with Crippen LogP contribution in [0.2, 0.25) is 0 Å². The lowest BCUT2D eigenvalue weighted by Gasteiger charge is -2.12. The molecule has 1 atom stereocenters. The van der Waals surface area contributed by atoms with Gasteiger partial charge in [-0.2, -0.15) is 0 Å². The summed E-state index contributed by atoms with van der Waals surface area (Å²) in [6, 6.07) is 4.64. The van der Waals surface area contributed by atoms with Gasteiger partial charge in [-0.25, -0.2) is 0 Å². The minimum absolute atomic E-state index is 0. The van der Waals surface area contributed by atoms with E-state index in [9.17, 15) is 4.79 Å². The summed E-state index contributed by atoms with van der Waals surface area (Å²) in [6.07, 6.45) is 0. The molecule has 5 nitrogen and oxygen atoms in total. The summed E-state index contributed by atoms with van der Waals surface area (Å²) >= 11 is 0. The van der Waals surface area contributed by atoms with E-state index in [-0.39, 0.29) is 18.3 Å². The first-order valence-electron chi connectivity index (χ1n) is 5.45. The van der Waals surface area contributed by atoms with Crippen molar-refractivity contribution in [2.45, 2.75) is 19.9 Å². The third-order valence-corrected chi connectivity index (χ3v) is 2.14. The Bertz CT molecular complexity index is 397. The molecule has 1 aromatic rings. The van der Waals surface area contributed by atoms with E-state index in [0.29, 0.717) is 23.8 Å². The minimum atomic E-state index is -0.548. The number of nitrogens with two attached hydrogens (primary N) is 1. The first-order chi connectivity index (χ1) is 8.08. The second-order valence-corrected chi connectivity index (χ2v) is 3.58. The van der Waals surface area contributed by atoms with Crippen LogP contribution in [0, 0.1) is 0 Å². The van der Waals surface area contributed by atoms with Gasteiger partial charge in [-0.3, -0.25) is 4.79 Å². The van der Waals surface area contributed by atoms with Gasteiger partial charge >= 0.3 is 0 Å². The Morgan fingerprint density at radius 3 is 2.61 bits per heavy atom. The molecule has 3 N–H and O–H groups in total. The number of methoxy groups -OCH3 is 1. The lowest BCUT2D eigenvalue weighted by Crippen LogP contribution is -2.32. The van der Waals surface area contributed by atoms with Crippen LogP contribution in [-0.4, -0.2) is 25.7 Å². The summed E-state index contributed by atoms with van der Waals surface area (Å²) in [5, 5.41) is 2.69. The number of benzene rings is 1. The zero-order valence-electron chi connectivity index (χ0n) is 10.7. The topological polar surface area (TPSA) is 73.6 Å². The number of ether oxygens (including phenoxy) is 2. The molecule has 0 saturated carbocycles. The normalized spacial score (nSPS) is 11.1. The number of carbonyl (C=O) groups is 1. The van der Waals surface area contributed by atoms with Crippen LogP contribution in [0.1, 0.15) is 13.8 Å². The van der Waals surface area contributed by atoms with Gasteiger partial charge in [0.2, 0.25) is 5.91 Å². The van der Waals surface area contributed by atoms with Gasteiger partial charge in [-0.05, 0) is 26.0 Å². The molecular formula is C12H19ClN2O3. The molecule has 0 saturated heterocycles. The van der Waals surface area contributed by atoms with Gasteiger partial charge < -0.3 is 20.5 Å². The molecule has 0 radical (unpaired) electrons. The highest BCUT2D eigenvalue weighted by Crippen LogP contribution is 2.30. The van der Waals surface area contributed by atoms with E-state index >= 15 is 0 Å². The summed E-state index contributed by atoms with van der Waals surface area (Å²) in [6.45, 7) is 4.04. The average Bonchev–Trinajstić information content (AvgIpc) is 2.29. The summed E-state index contributed by atoms with van der Waals surface area (Å²) in [4.78, 5) is 11.4. The van der Waals surface area contributed by atoms with Gasteiger partial charge in [0, 0.05) is 11.8 Å². The Morgan fingerprint density at radius 2 is 2.11 bits per heavy atom. The molecule has 1 rings (SSSR count). The van der Waals surface area contributed by atoms with Crippen molar-refractivity contribution in [1.82, 2.24) is 0 Å². The number of anilines is 1. The third kappa shape index (κ3) is 4.43. The molecule has 0 aliphatic rings. The number of carbonyl (C=O) groups excluding carboxylic acids is 1. The van der Waals surface area contributed by atoms with Gasteiger partial charge in [0.15, 0.2) is 11.5 Å². The van der Waals surface area contributed by atoms with Crippen LogP contribution in [0.5, 0.6) is 11.5 Å². The van der Waals surface area contributed by atoms with E-state index < -0.39 is 6.04 Å². The highest BCUT2D eigenvalue weighted by atomic mass is 35.5. The summed E-state index contributed by atoms with van der Waals surface area (Å²) < 4.78 is 10.5. The van der Waals surface area contributed by atoms with Crippen molar-refractivity contribution in [3.05, 3.63) is 18.2 Å². The molecule has 0 fully saturated rings. The molecule has 6 heteroatoms. The Labute approximate surface area is 113 Å². The minimum Gasteiger partial charge on any atom is -0.493 e. The van der Waals surface area contributed by atoms with Crippen LogP contribution in [0.25, 0.3) is 0 Å². The van der Waals surface area contributed by atoms with E-state index in [1.165, 1.54) is 0 Å². The Kier molecular flexibility index (Phi) is 7.16. The zero-order valence-corrected chi connectivity index (χ0v) is 11.5. The van der Waals surface area contributed by atoms with Crippen LogP contribution >= 0.6 is 12.4 Å². The molecule has 1 unspecified atom stereocenters. The summed E-state index contributed by atoms with van der Waals surface area (Å²) in [5.41, 5.74) is 6.10. The third-order valence-electron chi connectivity index (χ3n) is 2.14. The van der Waals surface area contributed by atoms with Gasteiger partial charge in [0.1, 0.15) is 0 Å². The fraction of sp³-hybridized carbons (Fsp3) is 0.417. The highest BCUT2D eigenvalue weighted by Gasteiger charge is 2.10. The van der Waals surface area contributed by atoms with E-state index in [2.05, 4.69) is 5.32 Å². The van der Waals surface area contributed by atoms with Crippen molar-refractivity contribution in [3.8, 4) is 11.5 Å². The van der Waals surface area contributed by atoms with Gasteiger partial charge in [-0.15, -0.1) is 12.4 Å². The van der Waals surface area contributed by atoms with Gasteiger partial charge in [0.25, 0.3) is 0 Å². The lowest BCUT2D eigenvalue weighted by molar-refractivity contribution is -0.117. The number of nitrogens with one attached hydrogen (secondary N) is 1. The maximum atomic E-state index is 11.4. The predicted octanol–water partition coefficient (Wildman–Crippen LogP) is 1.80. The second-order valence-electron chi connectivity index (χ2n) is 3.58. The first-order valence-corrected chi connectivity index (χ1v) is 5.45. The Balaban J connectivity index is 0.00000289. The van der Waals surface area contributed by atoms with Crippen molar-refractivity contribution in [1.29, 1.82) is 0 Å². The molecular weight excluding hydrogens is 256 g/mol. The van der Waals surface area contributed by atoms with Crippen molar-refractivity contribution < 1.29 is 14.3 Å². The Morgan fingerprint density at radius 1 is 1.44 bits per heavy atom. The van der Waals surface area contributed by atoms with Crippen LogP contribution < -0.4 is 20.5 Å². The molecule has 0 heterocycles. The standard InChI is InChI=1S/C12H18N2O3.ClH/c1-4-17-11-7-9(5-6-10(11)16-3)14-12(15)8(2)13;/h5-8H,4,13H2,1-3H3,(H,14,15);1H. The summed E-state index contributed by atoms with van der Waals surface area (Å²) in [5.74, 6) is 0.987. The van der Waals surface area contributed by atoms with Crippen LogP contribution in [0.15, 0.2) is 18.2 Å². The number of hydrogen-bond acceptors (Lipinski definition) is 4. The quantitative estimate of drug-likeness (QED) is 0.859. The number of halogens is 1. The van der Waals surface area contributed by atoms with E-state index in [4.69, 9.17) is 15.2 Å². The highest BCUT2D eigenvalue weighted by molar-refractivity contribution is 5.94. The maximum Gasteiger partial charge on any atom is 0.241 e. The fourth-order valence-corrected chi connectivity index (χ4v) is 1.28. The SMILES string of the molecule is CCOc1cc(NC(=O)C(C)N)ccc1OC.Cl. The molecule has 0 aliphatic heterocycles. The average molecular weight is 275 g/mol. The predicted molar refractivity (Wildman–Crippen MR) is 73.7 cm³/mol. The Hall–Kier alpha value is -1.46. The van der Waals surface area contributed by atoms with Crippen molar-refractivity contribution in [2.75, 3.05) is 19.0 Å². The second kappa shape index (κ2) is 7.79. The summed E-state index contributed by atoms with van der Waals surface area (Å²) in [7, 11) is 1.57. The molecule has 0 bridgehead atoms. The smallest absolute Gasteiger partial charge is 0.241 e. The monoisotopic (exact) mass is 274 g/mol. The number of rotatable bonds is 5. The van der Waals surface area contributed by atoms with E-state index in [0.717, 1.165) is 0 Å². The molecule has 0 aromatic heterocycles. The van der Waals surface area contributed by atoms with Crippen molar-refractivity contribution in [3.63, 3.8) is 0 Å². The number of hydrogen-bond donors (Lipinski definition) is 2. The number of amides is 1. The largest absolute Gasteiger partial charge is 0.493 e. The van der Waals surface area contributed by atoms with E-state index in [1.54, 1.807) is 32.2 Å². The molecule has 1 amide bonds. The van der Waals surface area contributed by atoms with Crippen LogP contribution in [-0.2, 0) is 4.79 Å². The molecule has 18 heavy (non-hydrogen) atoms.